The van der Waals surface area contributed by atoms with Gasteiger partial charge in [-0.15, -0.1) is 0 Å². The van der Waals surface area contributed by atoms with Crippen LogP contribution < -0.4 is 10.9 Å². The first-order valence-electron chi connectivity index (χ1n) is 9.11. The van der Waals surface area contributed by atoms with E-state index >= 15 is 0 Å². The van der Waals surface area contributed by atoms with Gasteiger partial charge in [0.15, 0.2) is 0 Å². The highest BCUT2D eigenvalue weighted by Crippen LogP contribution is 2.17. The molecule has 2 amide bonds. The molecule has 1 aromatic carbocycles. The molecular formula is C19H24N4O4. The van der Waals surface area contributed by atoms with Gasteiger partial charge in [0.1, 0.15) is 5.82 Å². The smallest absolute Gasteiger partial charge is 0.258 e. The number of benzene rings is 1. The van der Waals surface area contributed by atoms with Crippen LogP contribution in [0.5, 0.6) is 0 Å². The third-order valence-electron chi connectivity index (χ3n) is 4.76. The lowest BCUT2D eigenvalue weighted by Crippen LogP contribution is -2.47. The highest BCUT2D eigenvalue weighted by atomic mass is 16.5. The third-order valence-corrected chi connectivity index (χ3v) is 4.76. The minimum Gasteiger partial charge on any atom is -0.383 e. The quantitative estimate of drug-likeness (QED) is 0.735. The summed E-state index contributed by atoms with van der Waals surface area (Å²) in [5, 5.41) is 3.44. The summed E-state index contributed by atoms with van der Waals surface area (Å²) >= 11 is 0. The Labute approximate surface area is 156 Å². The van der Waals surface area contributed by atoms with Gasteiger partial charge in [-0.1, -0.05) is 12.1 Å². The summed E-state index contributed by atoms with van der Waals surface area (Å²) in [6, 6.07) is 7.15. The summed E-state index contributed by atoms with van der Waals surface area (Å²) in [5.74, 6) is 0.310. The van der Waals surface area contributed by atoms with Crippen molar-refractivity contribution >= 4 is 22.7 Å². The molecule has 0 unspecified atom stereocenters. The van der Waals surface area contributed by atoms with E-state index in [0.717, 1.165) is 0 Å². The maximum absolute atomic E-state index is 12.4. The lowest BCUT2D eigenvalue weighted by atomic mass is 9.96. The van der Waals surface area contributed by atoms with E-state index in [1.807, 2.05) is 6.07 Å². The van der Waals surface area contributed by atoms with Crippen molar-refractivity contribution in [2.75, 3.05) is 33.4 Å². The second kappa shape index (κ2) is 8.77. The summed E-state index contributed by atoms with van der Waals surface area (Å²) in [6.45, 7) is 1.75. The Balaban J connectivity index is 1.53. The number of hydrogen-bond acceptors (Lipinski definition) is 5. The van der Waals surface area contributed by atoms with Crippen LogP contribution in [0.3, 0.4) is 0 Å². The van der Waals surface area contributed by atoms with Crippen molar-refractivity contribution < 1.29 is 14.3 Å². The van der Waals surface area contributed by atoms with Crippen LogP contribution in [0.2, 0.25) is 0 Å². The number of ether oxygens (including phenoxy) is 1. The van der Waals surface area contributed by atoms with Crippen LogP contribution in [-0.2, 0) is 20.7 Å². The van der Waals surface area contributed by atoms with Crippen molar-refractivity contribution in [2.45, 2.75) is 19.3 Å². The number of carbonyl (C=O) groups excluding carboxylic acids is 2. The topological polar surface area (TPSA) is 104 Å². The van der Waals surface area contributed by atoms with Crippen LogP contribution in [0.4, 0.5) is 0 Å². The molecule has 3 rings (SSSR count). The van der Waals surface area contributed by atoms with Crippen LogP contribution in [0.15, 0.2) is 29.1 Å². The van der Waals surface area contributed by atoms with E-state index in [4.69, 9.17) is 4.74 Å². The Hall–Kier alpha value is -2.74. The Bertz CT molecular complexity index is 879. The van der Waals surface area contributed by atoms with E-state index in [0.29, 0.717) is 62.2 Å². The number of piperidine rings is 1. The number of rotatable bonds is 7. The molecule has 144 valence electrons. The summed E-state index contributed by atoms with van der Waals surface area (Å²) in [4.78, 5) is 45.3. The van der Waals surface area contributed by atoms with Gasteiger partial charge in [-0.2, -0.15) is 0 Å². The average Bonchev–Trinajstić information content (AvgIpc) is 2.67. The second-order valence-electron chi connectivity index (χ2n) is 6.64. The van der Waals surface area contributed by atoms with Gasteiger partial charge in [-0.25, -0.2) is 4.98 Å². The predicted molar refractivity (Wildman–Crippen MR) is 100 cm³/mol. The normalized spacial score (nSPS) is 17.3. The fraction of sp³-hybridized carbons (Fsp3) is 0.474. The van der Waals surface area contributed by atoms with Gasteiger partial charge in [0.2, 0.25) is 11.8 Å². The van der Waals surface area contributed by atoms with Crippen LogP contribution in [0.1, 0.15) is 18.7 Å². The molecule has 0 aliphatic carbocycles. The third kappa shape index (κ3) is 4.71. The van der Waals surface area contributed by atoms with E-state index in [1.54, 1.807) is 30.2 Å². The van der Waals surface area contributed by atoms with E-state index in [-0.39, 0.29) is 23.3 Å². The zero-order valence-electron chi connectivity index (χ0n) is 15.4. The summed E-state index contributed by atoms with van der Waals surface area (Å²) in [5.41, 5.74) is 0.462. The molecule has 1 saturated heterocycles. The monoisotopic (exact) mass is 372 g/mol. The number of methoxy groups -OCH3 is 1. The standard InChI is InChI=1S/C19H24N4O4/c1-27-11-10-23-12-13(6-7-17(23)24)18(25)20-9-8-16-21-15-5-3-2-4-14(15)19(26)22-16/h2-5,13H,6-12H2,1H3,(H,20,25)(H,21,22,26)/t13-/m0/s1. The number of fused-ring (bicyclic) bond motifs is 1. The van der Waals surface area contributed by atoms with Crippen LogP contribution in [-0.4, -0.2) is 60.0 Å². The Morgan fingerprint density at radius 1 is 1.37 bits per heavy atom. The molecular weight excluding hydrogens is 348 g/mol. The molecule has 1 aromatic heterocycles. The van der Waals surface area contributed by atoms with Crippen molar-refractivity contribution in [1.82, 2.24) is 20.2 Å². The van der Waals surface area contributed by atoms with Gasteiger partial charge in [-0.3, -0.25) is 14.4 Å². The Morgan fingerprint density at radius 2 is 2.19 bits per heavy atom. The Morgan fingerprint density at radius 3 is 3.00 bits per heavy atom. The van der Waals surface area contributed by atoms with Gasteiger partial charge in [0.05, 0.1) is 23.4 Å². The molecule has 1 fully saturated rings. The number of nitrogens with one attached hydrogen (secondary N) is 2. The number of likely N-dealkylation sites (tertiary alicyclic amines) is 1. The first-order valence-corrected chi connectivity index (χ1v) is 9.11. The first-order chi connectivity index (χ1) is 13.1. The van der Waals surface area contributed by atoms with Crippen molar-refractivity contribution in [1.29, 1.82) is 0 Å². The van der Waals surface area contributed by atoms with Gasteiger partial charge < -0.3 is 19.9 Å². The molecule has 0 bridgehead atoms. The molecule has 2 aromatic rings. The fourth-order valence-electron chi connectivity index (χ4n) is 3.25. The van der Waals surface area contributed by atoms with Gasteiger partial charge in [-0.05, 0) is 18.6 Å². The molecule has 27 heavy (non-hydrogen) atoms. The summed E-state index contributed by atoms with van der Waals surface area (Å²) in [7, 11) is 1.59. The molecule has 0 spiro atoms. The van der Waals surface area contributed by atoms with Gasteiger partial charge >= 0.3 is 0 Å². The maximum Gasteiger partial charge on any atom is 0.258 e. The van der Waals surface area contributed by atoms with E-state index < -0.39 is 0 Å². The number of hydrogen-bond donors (Lipinski definition) is 2. The van der Waals surface area contributed by atoms with Gasteiger partial charge in [0.25, 0.3) is 5.56 Å². The SMILES string of the molecule is COCCN1C[C@@H](C(=O)NCCc2nc3ccccc3c(=O)[nH]2)CCC1=O. The highest BCUT2D eigenvalue weighted by Gasteiger charge is 2.29. The molecule has 0 saturated carbocycles. The number of amides is 2. The van der Waals surface area contributed by atoms with Crippen LogP contribution in [0.25, 0.3) is 10.9 Å². The molecule has 2 heterocycles. The molecule has 2 N–H and O–H groups in total. The van der Waals surface area contributed by atoms with Crippen molar-refractivity contribution in [3.05, 3.63) is 40.4 Å². The molecule has 0 radical (unpaired) electrons. The minimum atomic E-state index is -0.219. The number of aromatic nitrogens is 2. The first kappa shape index (κ1) is 19.0. The molecule has 1 aliphatic heterocycles. The van der Waals surface area contributed by atoms with Crippen molar-refractivity contribution in [3.8, 4) is 0 Å². The number of carbonyl (C=O) groups is 2. The summed E-state index contributed by atoms with van der Waals surface area (Å²) in [6.07, 6.45) is 1.37. The lowest BCUT2D eigenvalue weighted by molar-refractivity contribution is -0.138. The van der Waals surface area contributed by atoms with E-state index in [2.05, 4.69) is 15.3 Å². The van der Waals surface area contributed by atoms with Crippen molar-refractivity contribution in [3.63, 3.8) is 0 Å². The predicted octanol–water partition coefficient (Wildman–Crippen LogP) is 0.467. The van der Waals surface area contributed by atoms with E-state index in [9.17, 15) is 14.4 Å². The molecule has 8 heteroatoms. The zero-order chi connectivity index (χ0) is 19.2. The minimum absolute atomic E-state index is 0.0639. The van der Waals surface area contributed by atoms with E-state index in [1.165, 1.54) is 0 Å². The number of nitrogens with zero attached hydrogens (tertiary/aromatic N) is 2. The number of para-hydroxylation sites is 1. The number of aromatic amines is 1. The fourth-order valence-corrected chi connectivity index (χ4v) is 3.25. The maximum atomic E-state index is 12.4. The van der Waals surface area contributed by atoms with Gasteiger partial charge in [0, 0.05) is 39.6 Å². The molecule has 1 aliphatic rings. The zero-order valence-corrected chi connectivity index (χ0v) is 15.4. The second-order valence-corrected chi connectivity index (χ2v) is 6.64. The molecule has 8 nitrogen and oxygen atoms in total. The average molecular weight is 372 g/mol. The largest absolute Gasteiger partial charge is 0.383 e. The van der Waals surface area contributed by atoms with Crippen LogP contribution >= 0.6 is 0 Å². The molecule has 1 atom stereocenters. The van der Waals surface area contributed by atoms with Crippen molar-refractivity contribution in [2.24, 2.45) is 5.92 Å². The summed E-state index contributed by atoms with van der Waals surface area (Å²) < 4.78 is 5.01. The van der Waals surface area contributed by atoms with Crippen LogP contribution in [0, 0.1) is 5.92 Å². The lowest BCUT2D eigenvalue weighted by Gasteiger charge is -2.31. The Kier molecular flexibility index (Phi) is 6.18. The highest BCUT2D eigenvalue weighted by molar-refractivity contribution is 5.83. The number of H-pyrrole nitrogens is 1.